The molecule has 1 aliphatic rings. The Morgan fingerprint density at radius 3 is 1.80 bits per heavy atom. The molecule has 0 saturated carbocycles. The zero-order valence-electron chi connectivity index (χ0n) is 13.9. The first kappa shape index (κ1) is 20.3. The molecule has 134 valence electrons. The van der Waals surface area contributed by atoms with Gasteiger partial charge in [0.15, 0.2) is 9.79 Å². The van der Waals surface area contributed by atoms with Crippen molar-refractivity contribution in [3.8, 4) is 0 Å². The molecular formula is C18H19ClO4S2. The lowest BCUT2D eigenvalue weighted by Gasteiger charge is -2.20. The molecule has 0 bridgehead atoms. The van der Waals surface area contributed by atoms with E-state index in [9.17, 15) is 0 Å². The number of fused-ring (bicyclic) bond motifs is 2. The van der Waals surface area contributed by atoms with E-state index in [-0.39, 0.29) is 10.9 Å². The molecule has 0 unspecified atom stereocenters. The van der Waals surface area contributed by atoms with Crippen molar-refractivity contribution in [2.24, 2.45) is 0 Å². The average Bonchev–Trinajstić information content (AvgIpc) is 2.56. The third kappa shape index (κ3) is 5.76. The first-order valence-corrected chi connectivity index (χ1v) is 11.0. The molecule has 0 aromatic heterocycles. The van der Waals surface area contributed by atoms with Gasteiger partial charge in [0.25, 0.3) is 0 Å². The van der Waals surface area contributed by atoms with Gasteiger partial charge in [-0.25, -0.2) is 18.6 Å². The molecule has 25 heavy (non-hydrogen) atoms. The molecule has 2 aromatic rings. The molecule has 2 aromatic carbocycles. The summed E-state index contributed by atoms with van der Waals surface area (Å²) >= 11 is 1.91. The van der Waals surface area contributed by atoms with E-state index in [4.69, 9.17) is 18.6 Å². The third-order valence-corrected chi connectivity index (χ3v) is 7.40. The number of halogens is 1. The van der Waals surface area contributed by atoms with E-state index in [1.807, 2.05) is 11.8 Å². The Balaban J connectivity index is 0.000000399. The van der Waals surface area contributed by atoms with Crippen molar-refractivity contribution in [3.63, 3.8) is 0 Å². The van der Waals surface area contributed by atoms with E-state index in [0.717, 1.165) is 0 Å². The van der Waals surface area contributed by atoms with Gasteiger partial charge in [0, 0.05) is 6.42 Å². The van der Waals surface area contributed by atoms with Gasteiger partial charge in [-0.05, 0) is 43.7 Å². The van der Waals surface area contributed by atoms with Crippen LogP contribution < -0.4 is 18.6 Å². The van der Waals surface area contributed by atoms with E-state index < -0.39 is 10.2 Å². The lowest BCUT2D eigenvalue weighted by molar-refractivity contribution is -2.00. The van der Waals surface area contributed by atoms with E-state index in [1.54, 1.807) is 4.91 Å². The lowest BCUT2D eigenvalue weighted by Crippen LogP contribution is -2.68. The van der Waals surface area contributed by atoms with Gasteiger partial charge in [0.05, 0.1) is 20.7 Å². The van der Waals surface area contributed by atoms with Gasteiger partial charge in [0.2, 0.25) is 0 Å². The molecule has 0 spiro atoms. The number of rotatable bonds is 3. The molecule has 0 N–H and O–H groups in total. The van der Waals surface area contributed by atoms with Crippen molar-refractivity contribution in [2.75, 3.05) is 0 Å². The topological polar surface area (TPSA) is 92.2 Å². The summed E-state index contributed by atoms with van der Waals surface area (Å²) in [5.41, 5.74) is 0. The van der Waals surface area contributed by atoms with Gasteiger partial charge in [-0.1, -0.05) is 43.0 Å². The Labute approximate surface area is 157 Å². The summed E-state index contributed by atoms with van der Waals surface area (Å²) in [6, 6.07) is 17.8. The van der Waals surface area contributed by atoms with Crippen molar-refractivity contribution < 1.29 is 28.9 Å². The Bertz CT molecular complexity index is 692. The fourth-order valence-electron chi connectivity index (χ4n) is 2.54. The van der Waals surface area contributed by atoms with Crippen LogP contribution in [0.25, 0.3) is 0 Å². The largest absolute Gasteiger partial charge is 0.222 e. The van der Waals surface area contributed by atoms with Crippen LogP contribution in [0.4, 0.5) is 0 Å². The predicted octanol–water partition coefficient (Wildman–Crippen LogP) is 1.14. The summed E-state index contributed by atoms with van der Waals surface area (Å²) in [6.07, 6.45) is 4.73. The van der Waals surface area contributed by atoms with Crippen molar-refractivity contribution in [1.82, 2.24) is 0 Å². The van der Waals surface area contributed by atoms with E-state index >= 15 is 0 Å². The monoisotopic (exact) mass is 398 g/mol. The van der Waals surface area contributed by atoms with Gasteiger partial charge < -0.3 is 0 Å². The Morgan fingerprint density at radius 1 is 0.960 bits per heavy atom. The van der Waals surface area contributed by atoms with Crippen LogP contribution in [-0.2, 0) is 10.9 Å². The van der Waals surface area contributed by atoms with Gasteiger partial charge in [-0.3, -0.25) is 0 Å². The third-order valence-electron chi connectivity index (χ3n) is 3.44. The van der Waals surface area contributed by atoms with Crippen LogP contribution >= 0.6 is 11.8 Å². The molecule has 1 aliphatic heterocycles. The summed E-state index contributed by atoms with van der Waals surface area (Å²) in [4.78, 5) is 7.41. The highest BCUT2D eigenvalue weighted by Crippen LogP contribution is 2.48. The van der Waals surface area contributed by atoms with Crippen molar-refractivity contribution in [1.29, 1.82) is 0 Å². The van der Waals surface area contributed by atoms with Crippen LogP contribution in [0.2, 0.25) is 0 Å². The van der Waals surface area contributed by atoms with Crippen molar-refractivity contribution >= 4 is 22.7 Å². The van der Waals surface area contributed by atoms with Crippen LogP contribution in [0.15, 0.2) is 79.1 Å². The first-order valence-electron chi connectivity index (χ1n) is 7.72. The lowest BCUT2D eigenvalue weighted by atomic mass is 10.3. The summed E-state index contributed by atoms with van der Waals surface area (Å²) in [5.74, 6) is 0. The predicted molar refractivity (Wildman–Crippen MR) is 89.6 cm³/mol. The Hall–Kier alpha value is -0.990. The maximum absolute atomic E-state index is 8.49. The van der Waals surface area contributed by atoms with E-state index in [1.165, 1.54) is 32.4 Å². The number of hydrogen-bond donors (Lipinski definition) is 0. The normalized spacial score (nSPS) is 14.2. The highest BCUT2D eigenvalue weighted by atomic mass is 35.7. The Morgan fingerprint density at radius 2 is 1.40 bits per heavy atom. The van der Waals surface area contributed by atoms with Crippen LogP contribution in [0.1, 0.15) is 26.7 Å². The molecule has 0 atom stereocenters. The quantitative estimate of drug-likeness (QED) is 0.723. The molecule has 3 rings (SSSR count). The van der Waals surface area contributed by atoms with Crippen molar-refractivity contribution in [3.05, 3.63) is 59.5 Å². The minimum atomic E-state index is -4.94. The maximum atomic E-state index is 8.49. The van der Waals surface area contributed by atoms with Gasteiger partial charge in [-0.15, -0.1) is 10.2 Å². The maximum Gasteiger partial charge on any atom is 0.180 e. The van der Waals surface area contributed by atoms with E-state index in [2.05, 4.69) is 68.5 Å². The molecule has 1 heterocycles. The standard InChI is InChI=1S/C18H19S2.ClHO4/c1-3-9-14(4-2)20-17-12-7-5-10-15(17)19-16-11-6-8-13-18(16)20;2-1(3,4)5/h4-8,10-13H,3,9H2,1-2H3;(H,2,3,4,5)/q+1;/p-1/b14-4-;. The van der Waals surface area contributed by atoms with Gasteiger partial charge >= 0.3 is 0 Å². The summed E-state index contributed by atoms with van der Waals surface area (Å²) in [5, 5.41) is 0. The number of hydrogen-bond acceptors (Lipinski definition) is 5. The van der Waals surface area contributed by atoms with Crippen LogP contribution in [0.3, 0.4) is 0 Å². The number of benzene rings is 2. The zero-order chi connectivity index (χ0) is 18.4. The fraction of sp³-hybridized carbons (Fsp3) is 0.222. The molecule has 0 radical (unpaired) electrons. The summed E-state index contributed by atoms with van der Waals surface area (Å²) < 4.78 is 34.0. The molecule has 0 amide bonds. The molecule has 0 fully saturated rings. The minimum Gasteiger partial charge on any atom is -0.222 e. The molecule has 0 saturated heterocycles. The number of allylic oxidation sites excluding steroid dienone is 2. The summed E-state index contributed by atoms with van der Waals surface area (Å²) in [6.45, 7) is 4.45. The average molecular weight is 399 g/mol. The van der Waals surface area contributed by atoms with Gasteiger partial charge in [-0.2, -0.15) is 0 Å². The summed E-state index contributed by atoms with van der Waals surface area (Å²) in [7, 11) is -4.84. The van der Waals surface area contributed by atoms with Crippen LogP contribution in [0, 0.1) is 10.2 Å². The minimum absolute atomic E-state index is 0.108. The molecule has 4 nitrogen and oxygen atoms in total. The molecule has 7 heteroatoms. The fourth-order valence-corrected chi connectivity index (χ4v) is 6.57. The smallest absolute Gasteiger partial charge is 0.180 e. The molecule has 0 aliphatic carbocycles. The van der Waals surface area contributed by atoms with Crippen molar-refractivity contribution in [2.45, 2.75) is 46.3 Å². The van der Waals surface area contributed by atoms with Gasteiger partial charge in [0.1, 0.15) is 4.91 Å². The second-order valence-electron chi connectivity index (χ2n) is 5.18. The second kappa shape index (κ2) is 9.09. The van der Waals surface area contributed by atoms with Crippen LogP contribution in [-0.4, -0.2) is 0 Å². The highest BCUT2D eigenvalue weighted by Gasteiger charge is 2.38. The SMILES string of the molecule is C/C=C(/CCC)[S+]1c2ccccc2Sc2ccccc21.[O-][Cl+3]([O-])([O-])[O-]. The Kier molecular flexibility index (Phi) is 7.39. The highest BCUT2D eigenvalue weighted by molar-refractivity contribution is 8.05. The van der Waals surface area contributed by atoms with Crippen LogP contribution in [0.5, 0.6) is 0 Å². The second-order valence-corrected chi connectivity index (χ2v) is 9.04. The van der Waals surface area contributed by atoms with E-state index in [0.29, 0.717) is 0 Å². The zero-order valence-corrected chi connectivity index (χ0v) is 16.3. The first-order chi connectivity index (χ1) is 11.8. The molecular weight excluding hydrogens is 380 g/mol.